The van der Waals surface area contributed by atoms with Crippen LogP contribution >= 0.6 is 0 Å². The first-order valence-electron chi connectivity index (χ1n) is 7.81. The number of fused-ring (bicyclic) bond motifs is 3. The summed E-state index contributed by atoms with van der Waals surface area (Å²) in [6.45, 7) is 3.70. The van der Waals surface area contributed by atoms with Crippen LogP contribution in [0.15, 0.2) is 42.5 Å². The van der Waals surface area contributed by atoms with E-state index in [1.54, 1.807) is 12.1 Å². The van der Waals surface area contributed by atoms with E-state index in [0.29, 0.717) is 6.04 Å². The van der Waals surface area contributed by atoms with E-state index >= 15 is 0 Å². The average molecular weight is 298 g/mol. The highest BCUT2D eigenvalue weighted by molar-refractivity contribution is 5.73. The Kier molecular flexibility index (Phi) is 3.47. The molecule has 2 aliphatic heterocycles. The maximum Gasteiger partial charge on any atom is 0.142 e. The first-order chi connectivity index (χ1) is 10.8. The van der Waals surface area contributed by atoms with Gasteiger partial charge in [0.15, 0.2) is 0 Å². The Labute approximate surface area is 129 Å². The standard InChI is InChI=1S/C18H19FN2O/c19-15-3-1-2-13(10-15)14-4-5-18-17(11-14)21-8-7-20-12-16(21)6-9-22-18/h1-5,10-11,16,20H,6-9,12H2/t16-/m0/s1. The van der Waals surface area contributed by atoms with E-state index in [1.807, 2.05) is 18.2 Å². The number of nitrogens with zero attached hydrogens (tertiary/aromatic N) is 1. The van der Waals surface area contributed by atoms with Crippen molar-refractivity contribution in [2.75, 3.05) is 31.1 Å². The Hall–Kier alpha value is -2.07. The fraction of sp³-hybridized carbons (Fsp3) is 0.333. The molecule has 114 valence electrons. The van der Waals surface area contributed by atoms with Crippen LogP contribution in [0, 0.1) is 5.82 Å². The number of hydrogen-bond acceptors (Lipinski definition) is 3. The number of hydrogen-bond donors (Lipinski definition) is 1. The second kappa shape index (κ2) is 5.61. The maximum atomic E-state index is 13.5. The molecule has 2 heterocycles. The smallest absolute Gasteiger partial charge is 0.142 e. The summed E-state index contributed by atoms with van der Waals surface area (Å²) in [5, 5.41) is 3.45. The van der Waals surface area contributed by atoms with Gasteiger partial charge < -0.3 is 15.0 Å². The summed E-state index contributed by atoms with van der Waals surface area (Å²) < 4.78 is 19.4. The first kappa shape index (κ1) is 13.6. The molecule has 3 nitrogen and oxygen atoms in total. The van der Waals surface area contributed by atoms with Crippen molar-refractivity contribution in [3.05, 3.63) is 48.3 Å². The summed E-state index contributed by atoms with van der Waals surface area (Å²) in [6.07, 6.45) is 1.02. The molecule has 1 atom stereocenters. The lowest BCUT2D eigenvalue weighted by atomic mass is 10.0. The molecule has 2 aromatic rings. The quantitative estimate of drug-likeness (QED) is 0.876. The summed E-state index contributed by atoms with van der Waals surface area (Å²) in [5.41, 5.74) is 3.06. The van der Waals surface area contributed by atoms with Crippen molar-refractivity contribution in [1.29, 1.82) is 0 Å². The van der Waals surface area contributed by atoms with Gasteiger partial charge >= 0.3 is 0 Å². The Morgan fingerprint density at radius 2 is 2.05 bits per heavy atom. The zero-order valence-electron chi connectivity index (χ0n) is 12.4. The molecule has 0 bridgehead atoms. The van der Waals surface area contributed by atoms with Gasteiger partial charge in [0.25, 0.3) is 0 Å². The number of piperazine rings is 1. The van der Waals surface area contributed by atoms with Crippen molar-refractivity contribution < 1.29 is 9.13 Å². The molecule has 4 heteroatoms. The predicted molar refractivity (Wildman–Crippen MR) is 86.0 cm³/mol. The number of rotatable bonds is 1. The van der Waals surface area contributed by atoms with Crippen LogP contribution in [0.2, 0.25) is 0 Å². The molecule has 2 aliphatic rings. The van der Waals surface area contributed by atoms with Crippen LogP contribution in [-0.2, 0) is 0 Å². The summed E-state index contributed by atoms with van der Waals surface area (Å²) in [6, 6.07) is 13.4. The van der Waals surface area contributed by atoms with E-state index in [1.165, 1.54) is 6.07 Å². The van der Waals surface area contributed by atoms with Crippen LogP contribution in [0.5, 0.6) is 5.75 Å². The van der Waals surface area contributed by atoms with E-state index in [0.717, 1.165) is 55.2 Å². The summed E-state index contributed by atoms with van der Waals surface area (Å²) in [5.74, 6) is 0.730. The molecule has 0 aromatic heterocycles. The van der Waals surface area contributed by atoms with Crippen molar-refractivity contribution in [2.45, 2.75) is 12.5 Å². The Morgan fingerprint density at radius 3 is 2.95 bits per heavy atom. The highest BCUT2D eigenvalue weighted by Crippen LogP contribution is 2.37. The molecule has 2 aromatic carbocycles. The lowest BCUT2D eigenvalue weighted by Gasteiger charge is -2.36. The molecule has 0 amide bonds. The van der Waals surface area contributed by atoms with E-state index in [9.17, 15) is 4.39 Å². The summed E-state index contributed by atoms with van der Waals surface area (Å²) in [4.78, 5) is 2.43. The zero-order valence-corrected chi connectivity index (χ0v) is 12.4. The Balaban J connectivity index is 1.77. The van der Waals surface area contributed by atoms with E-state index in [2.05, 4.69) is 16.3 Å². The van der Waals surface area contributed by atoms with Gasteiger partial charge in [0.1, 0.15) is 11.6 Å². The van der Waals surface area contributed by atoms with Crippen LogP contribution in [0.4, 0.5) is 10.1 Å². The third kappa shape index (κ3) is 2.44. The molecule has 0 saturated carbocycles. The van der Waals surface area contributed by atoms with Crippen LogP contribution < -0.4 is 15.0 Å². The third-order valence-corrected chi connectivity index (χ3v) is 4.49. The molecular formula is C18H19FN2O. The van der Waals surface area contributed by atoms with E-state index < -0.39 is 0 Å². The SMILES string of the molecule is Fc1cccc(-c2ccc3c(c2)N2CCNC[C@@H]2CCO3)c1. The lowest BCUT2D eigenvalue weighted by molar-refractivity contribution is 0.304. The number of ether oxygens (including phenoxy) is 1. The van der Waals surface area contributed by atoms with Crippen LogP contribution in [0.25, 0.3) is 11.1 Å². The lowest BCUT2D eigenvalue weighted by Crippen LogP contribution is -2.51. The second-order valence-corrected chi connectivity index (χ2v) is 5.88. The van der Waals surface area contributed by atoms with E-state index in [4.69, 9.17) is 4.74 Å². The highest BCUT2D eigenvalue weighted by Gasteiger charge is 2.27. The Morgan fingerprint density at radius 1 is 1.14 bits per heavy atom. The molecule has 22 heavy (non-hydrogen) atoms. The second-order valence-electron chi connectivity index (χ2n) is 5.88. The van der Waals surface area contributed by atoms with Crippen molar-refractivity contribution in [2.24, 2.45) is 0 Å². The minimum absolute atomic E-state index is 0.205. The van der Waals surface area contributed by atoms with Gasteiger partial charge in [-0.15, -0.1) is 0 Å². The average Bonchev–Trinajstić information content (AvgIpc) is 2.74. The fourth-order valence-corrected chi connectivity index (χ4v) is 3.35. The molecule has 1 N–H and O–H groups in total. The van der Waals surface area contributed by atoms with Gasteiger partial charge in [-0.1, -0.05) is 18.2 Å². The molecule has 0 unspecified atom stereocenters. The van der Waals surface area contributed by atoms with Crippen LogP contribution in [0.1, 0.15) is 6.42 Å². The number of benzene rings is 2. The topological polar surface area (TPSA) is 24.5 Å². The van der Waals surface area contributed by atoms with Gasteiger partial charge in [-0.3, -0.25) is 0 Å². The van der Waals surface area contributed by atoms with Gasteiger partial charge in [0.2, 0.25) is 0 Å². The van der Waals surface area contributed by atoms with Crippen molar-refractivity contribution in [3.63, 3.8) is 0 Å². The van der Waals surface area contributed by atoms with Gasteiger partial charge in [0.05, 0.1) is 12.3 Å². The number of halogens is 1. The molecule has 0 radical (unpaired) electrons. The van der Waals surface area contributed by atoms with Crippen molar-refractivity contribution >= 4 is 5.69 Å². The van der Waals surface area contributed by atoms with Crippen molar-refractivity contribution in [1.82, 2.24) is 5.32 Å². The molecule has 1 saturated heterocycles. The molecule has 1 fully saturated rings. The van der Waals surface area contributed by atoms with Gasteiger partial charge in [0, 0.05) is 32.1 Å². The monoisotopic (exact) mass is 298 g/mol. The number of anilines is 1. The fourth-order valence-electron chi connectivity index (χ4n) is 3.35. The molecule has 4 rings (SSSR count). The minimum Gasteiger partial charge on any atom is -0.491 e. The minimum atomic E-state index is -0.205. The highest BCUT2D eigenvalue weighted by atomic mass is 19.1. The van der Waals surface area contributed by atoms with Gasteiger partial charge in [-0.05, 0) is 35.4 Å². The first-order valence-corrected chi connectivity index (χ1v) is 7.81. The maximum absolute atomic E-state index is 13.5. The normalized spacial score (nSPS) is 20.6. The third-order valence-electron chi connectivity index (χ3n) is 4.49. The van der Waals surface area contributed by atoms with Gasteiger partial charge in [-0.25, -0.2) is 4.39 Å². The van der Waals surface area contributed by atoms with Gasteiger partial charge in [-0.2, -0.15) is 0 Å². The molecule has 0 spiro atoms. The Bertz CT molecular complexity index is 689. The van der Waals surface area contributed by atoms with Crippen LogP contribution in [-0.4, -0.2) is 32.3 Å². The van der Waals surface area contributed by atoms with Crippen molar-refractivity contribution in [3.8, 4) is 16.9 Å². The van der Waals surface area contributed by atoms with E-state index in [-0.39, 0.29) is 5.82 Å². The van der Waals surface area contributed by atoms with Crippen LogP contribution in [0.3, 0.4) is 0 Å². The molecule has 0 aliphatic carbocycles. The predicted octanol–water partition coefficient (Wildman–Crippen LogP) is 3.05. The largest absolute Gasteiger partial charge is 0.491 e. The molecular weight excluding hydrogens is 279 g/mol. The summed E-state index contributed by atoms with van der Waals surface area (Å²) in [7, 11) is 0. The zero-order chi connectivity index (χ0) is 14.9. The summed E-state index contributed by atoms with van der Waals surface area (Å²) >= 11 is 0. The number of nitrogens with one attached hydrogen (secondary N) is 1.